The molecular weight excluding hydrogens is 368 g/mol. The quantitative estimate of drug-likeness (QED) is 0.695. The molecule has 3 aromatic rings. The summed E-state index contributed by atoms with van der Waals surface area (Å²) >= 11 is 0. The van der Waals surface area contributed by atoms with Crippen LogP contribution in [0.4, 0.5) is 5.82 Å². The second-order valence-corrected chi connectivity index (χ2v) is 8.29. The van der Waals surface area contributed by atoms with Crippen molar-refractivity contribution in [3.63, 3.8) is 0 Å². The van der Waals surface area contributed by atoms with E-state index in [1.165, 1.54) is 6.42 Å². The number of carbonyl (C=O) groups is 1. The Labute approximate surface area is 169 Å². The monoisotopic (exact) mass is 394 g/mol. The molecule has 0 aromatic carbocycles. The molecule has 1 aliphatic carbocycles. The number of nitrogens with zero attached hydrogens (tertiary/aromatic N) is 5. The highest BCUT2D eigenvalue weighted by atomic mass is 16.5. The third-order valence-corrected chi connectivity index (χ3v) is 5.80. The molecule has 8 nitrogen and oxygen atoms in total. The molecule has 0 spiro atoms. The number of anilines is 1. The summed E-state index contributed by atoms with van der Waals surface area (Å²) in [6, 6.07) is 5.95. The first-order valence-corrected chi connectivity index (χ1v) is 10.2. The topological polar surface area (TPSA) is 76.7 Å². The van der Waals surface area contributed by atoms with Gasteiger partial charge in [0.25, 0.3) is 0 Å². The van der Waals surface area contributed by atoms with Gasteiger partial charge in [-0.1, -0.05) is 0 Å². The molecule has 1 amide bonds. The number of pyridine rings is 1. The van der Waals surface area contributed by atoms with Crippen LogP contribution in [0, 0.1) is 11.8 Å². The number of aryl methyl sites for hydroxylation is 1. The van der Waals surface area contributed by atoms with Gasteiger partial charge in [0.1, 0.15) is 5.69 Å². The van der Waals surface area contributed by atoms with E-state index in [2.05, 4.69) is 27.5 Å². The first kappa shape index (κ1) is 18.2. The van der Waals surface area contributed by atoms with Crippen LogP contribution < -0.4 is 10.1 Å². The number of rotatable bonds is 6. The van der Waals surface area contributed by atoms with Crippen LogP contribution in [-0.4, -0.2) is 56.9 Å². The molecule has 0 bridgehead atoms. The minimum atomic E-state index is 0.0634. The number of fused-ring (bicyclic) bond motifs is 1. The molecule has 1 aliphatic heterocycles. The number of likely N-dealkylation sites (tertiary alicyclic amines) is 1. The summed E-state index contributed by atoms with van der Waals surface area (Å²) in [5, 5.41) is 11.8. The van der Waals surface area contributed by atoms with E-state index in [0.717, 1.165) is 48.5 Å². The Kier molecular flexibility index (Phi) is 4.50. The lowest BCUT2D eigenvalue weighted by molar-refractivity contribution is -0.117. The number of hydrogen-bond acceptors (Lipinski definition) is 5. The molecule has 5 rings (SSSR count). The van der Waals surface area contributed by atoms with E-state index >= 15 is 0 Å². The third kappa shape index (κ3) is 3.72. The lowest BCUT2D eigenvalue weighted by Crippen LogP contribution is -2.18. The van der Waals surface area contributed by atoms with E-state index < -0.39 is 0 Å². The number of hydrogen-bond donors (Lipinski definition) is 1. The van der Waals surface area contributed by atoms with E-state index in [4.69, 9.17) is 4.74 Å². The van der Waals surface area contributed by atoms with Gasteiger partial charge in [-0.05, 0) is 45.0 Å². The van der Waals surface area contributed by atoms with Crippen LogP contribution in [0.15, 0.2) is 30.6 Å². The van der Waals surface area contributed by atoms with Crippen molar-refractivity contribution in [3.8, 4) is 17.0 Å². The first-order chi connectivity index (χ1) is 14.1. The smallest absolute Gasteiger partial charge is 0.228 e. The van der Waals surface area contributed by atoms with Gasteiger partial charge in [0.05, 0.1) is 18.3 Å². The zero-order chi connectivity index (χ0) is 20.0. The molecule has 152 valence electrons. The standard InChI is InChI=1S/C21H26N6O2/c1-25-7-5-14(12-25)13-29-18-11-22-26(2)20(18)16-6-8-27-17(9-16)10-19(24-27)23-21(28)15-3-4-15/h6,8-11,14-15H,3-5,7,12-13H2,1-2H3,(H,23,24,28)/t14-/m1/s1. The predicted octanol–water partition coefficient (Wildman–Crippen LogP) is 2.41. The number of carbonyl (C=O) groups excluding carboxylic acids is 1. The van der Waals surface area contributed by atoms with Crippen molar-refractivity contribution in [1.29, 1.82) is 0 Å². The highest BCUT2D eigenvalue weighted by Gasteiger charge is 2.30. The Morgan fingerprint density at radius 2 is 2.14 bits per heavy atom. The maximum Gasteiger partial charge on any atom is 0.228 e. The van der Waals surface area contributed by atoms with Crippen LogP contribution in [0.3, 0.4) is 0 Å². The molecule has 4 heterocycles. The van der Waals surface area contributed by atoms with Crippen molar-refractivity contribution in [2.45, 2.75) is 19.3 Å². The van der Waals surface area contributed by atoms with Gasteiger partial charge in [-0.2, -0.15) is 10.2 Å². The summed E-state index contributed by atoms with van der Waals surface area (Å²) in [5.74, 6) is 2.17. The largest absolute Gasteiger partial charge is 0.489 e. The van der Waals surface area contributed by atoms with E-state index in [9.17, 15) is 4.79 Å². The van der Waals surface area contributed by atoms with E-state index in [0.29, 0.717) is 18.3 Å². The van der Waals surface area contributed by atoms with Crippen LogP contribution in [0.1, 0.15) is 19.3 Å². The van der Waals surface area contributed by atoms with Crippen LogP contribution in [0.5, 0.6) is 5.75 Å². The van der Waals surface area contributed by atoms with Gasteiger partial charge in [-0.15, -0.1) is 0 Å². The maximum atomic E-state index is 12.0. The molecule has 0 unspecified atom stereocenters. The molecular formula is C21H26N6O2. The fraction of sp³-hybridized carbons (Fsp3) is 0.476. The second-order valence-electron chi connectivity index (χ2n) is 8.29. The Balaban J connectivity index is 1.37. The zero-order valence-electron chi connectivity index (χ0n) is 16.8. The molecule has 2 fully saturated rings. The minimum absolute atomic E-state index is 0.0634. The van der Waals surface area contributed by atoms with E-state index in [-0.39, 0.29) is 11.8 Å². The fourth-order valence-electron chi connectivity index (χ4n) is 4.00. The zero-order valence-corrected chi connectivity index (χ0v) is 16.8. The maximum absolute atomic E-state index is 12.0. The SMILES string of the molecule is CN1CC[C@@H](COc2cnn(C)c2-c2ccn3nc(NC(=O)C4CC4)cc3c2)C1. The molecule has 1 saturated heterocycles. The summed E-state index contributed by atoms with van der Waals surface area (Å²) in [7, 11) is 4.07. The van der Waals surface area contributed by atoms with Gasteiger partial charge in [-0.3, -0.25) is 9.48 Å². The van der Waals surface area contributed by atoms with Crippen molar-refractivity contribution in [1.82, 2.24) is 24.3 Å². The third-order valence-electron chi connectivity index (χ3n) is 5.80. The summed E-state index contributed by atoms with van der Waals surface area (Å²) in [4.78, 5) is 14.3. The molecule has 1 atom stereocenters. The molecule has 8 heteroatoms. The Hall–Kier alpha value is -2.87. The van der Waals surface area contributed by atoms with Crippen molar-refractivity contribution in [2.75, 3.05) is 32.1 Å². The van der Waals surface area contributed by atoms with Crippen molar-refractivity contribution < 1.29 is 9.53 Å². The normalized spacial score (nSPS) is 19.7. The minimum Gasteiger partial charge on any atom is -0.489 e. The van der Waals surface area contributed by atoms with Gasteiger partial charge in [0.15, 0.2) is 11.6 Å². The molecule has 3 aromatic heterocycles. The Bertz CT molecular complexity index is 1050. The molecule has 0 radical (unpaired) electrons. The van der Waals surface area contributed by atoms with Crippen LogP contribution >= 0.6 is 0 Å². The average molecular weight is 394 g/mol. The number of aromatic nitrogens is 4. The van der Waals surface area contributed by atoms with Crippen LogP contribution in [0.25, 0.3) is 16.8 Å². The number of ether oxygens (including phenoxy) is 1. The number of nitrogens with one attached hydrogen (secondary N) is 1. The highest BCUT2D eigenvalue weighted by Crippen LogP contribution is 2.32. The van der Waals surface area contributed by atoms with Gasteiger partial charge < -0.3 is 15.0 Å². The average Bonchev–Trinajstić information content (AvgIpc) is 3.20. The van der Waals surface area contributed by atoms with Crippen molar-refractivity contribution >= 4 is 17.2 Å². The predicted molar refractivity (Wildman–Crippen MR) is 110 cm³/mol. The summed E-state index contributed by atoms with van der Waals surface area (Å²) in [5.41, 5.74) is 2.87. The van der Waals surface area contributed by atoms with Gasteiger partial charge in [0, 0.05) is 43.3 Å². The van der Waals surface area contributed by atoms with Gasteiger partial charge in [0.2, 0.25) is 5.91 Å². The Morgan fingerprint density at radius 1 is 1.28 bits per heavy atom. The second kappa shape index (κ2) is 7.18. The molecule has 29 heavy (non-hydrogen) atoms. The summed E-state index contributed by atoms with van der Waals surface area (Å²) in [6.45, 7) is 2.91. The van der Waals surface area contributed by atoms with E-state index in [1.807, 2.05) is 36.1 Å². The number of amides is 1. The highest BCUT2D eigenvalue weighted by molar-refractivity contribution is 5.93. The first-order valence-electron chi connectivity index (χ1n) is 10.2. The van der Waals surface area contributed by atoms with E-state index in [1.54, 1.807) is 10.7 Å². The lowest BCUT2D eigenvalue weighted by atomic mass is 10.1. The summed E-state index contributed by atoms with van der Waals surface area (Å²) < 4.78 is 9.77. The van der Waals surface area contributed by atoms with Crippen LogP contribution in [-0.2, 0) is 11.8 Å². The van der Waals surface area contributed by atoms with Crippen LogP contribution in [0.2, 0.25) is 0 Å². The Morgan fingerprint density at radius 3 is 2.90 bits per heavy atom. The fourth-order valence-corrected chi connectivity index (χ4v) is 4.00. The van der Waals surface area contributed by atoms with Crippen molar-refractivity contribution in [3.05, 3.63) is 30.6 Å². The van der Waals surface area contributed by atoms with Gasteiger partial charge in [-0.25, -0.2) is 4.52 Å². The summed E-state index contributed by atoms with van der Waals surface area (Å²) in [6.07, 6.45) is 6.81. The van der Waals surface area contributed by atoms with Gasteiger partial charge >= 0.3 is 0 Å². The molecule has 2 aliphatic rings. The molecule has 1 saturated carbocycles. The van der Waals surface area contributed by atoms with Crippen molar-refractivity contribution in [2.24, 2.45) is 18.9 Å². The lowest BCUT2D eigenvalue weighted by Gasteiger charge is -2.13. The molecule has 1 N–H and O–H groups in total.